The van der Waals surface area contributed by atoms with Gasteiger partial charge in [0.15, 0.2) is 5.78 Å². The van der Waals surface area contributed by atoms with Crippen LogP contribution >= 0.6 is 0 Å². The van der Waals surface area contributed by atoms with Gasteiger partial charge >= 0.3 is 5.97 Å². The molecule has 1 atom stereocenters. The standard InChI is InChI=1S/C24H23NO3/c1-18(25-17-16-19-8-4-2-5-9-19)23(26)20-12-14-22(15-13-20)28-24(27)21-10-6-3-7-11-21/h2-15,18,25H,16-17H2,1H3/t18-/m1/s1. The van der Waals surface area contributed by atoms with Crippen molar-refractivity contribution < 1.29 is 14.3 Å². The summed E-state index contributed by atoms with van der Waals surface area (Å²) in [6.07, 6.45) is 0.868. The normalized spacial score (nSPS) is 11.6. The number of hydrogen-bond donors (Lipinski definition) is 1. The summed E-state index contributed by atoms with van der Waals surface area (Å²) >= 11 is 0. The molecule has 0 heterocycles. The summed E-state index contributed by atoms with van der Waals surface area (Å²) in [5, 5.41) is 3.26. The number of nitrogens with one attached hydrogen (secondary N) is 1. The third kappa shape index (κ3) is 5.38. The molecule has 0 bridgehead atoms. The summed E-state index contributed by atoms with van der Waals surface area (Å²) in [5.74, 6) is -0.000265. The fraction of sp³-hybridized carbons (Fsp3) is 0.167. The highest BCUT2D eigenvalue weighted by Crippen LogP contribution is 2.15. The summed E-state index contributed by atoms with van der Waals surface area (Å²) < 4.78 is 5.34. The maximum absolute atomic E-state index is 12.6. The van der Waals surface area contributed by atoms with Crippen molar-refractivity contribution in [2.75, 3.05) is 6.54 Å². The molecular weight excluding hydrogens is 350 g/mol. The number of Topliss-reactive ketones (excluding diaryl/α,β-unsaturated/α-hetero) is 1. The van der Waals surface area contributed by atoms with Gasteiger partial charge in [-0.1, -0.05) is 48.5 Å². The van der Waals surface area contributed by atoms with Gasteiger partial charge in [-0.3, -0.25) is 4.79 Å². The Kier molecular flexibility index (Phi) is 6.71. The SMILES string of the molecule is C[C@@H](NCCc1ccccc1)C(=O)c1ccc(OC(=O)c2ccccc2)cc1. The monoisotopic (exact) mass is 373 g/mol. The zero-order valence-corrected chi connectivity index (χ0v) is 15.8. The van der Waals surface area contributed by atoms with Crippen LogP contribution in [0.4, 0.5) is 0 Å². The molecule has 142 valence electrons. The number of benzene rings is 3. The Bertz CT molecular complexity index is 906. The van der Waals surface area contributed by atoms with E-state index < -0.39 is 5.97 Å². The van der Waals surface area contributed by atoms with Gasteiger partial charge < -0.3 is 10.1 Å². The average Bonchev–Trinajstić information content (AvgIpc) is 2.75. The summed E-state index contributed by atoms with van der Waals surface area (Å²) in [5.41, 5.74) is 2.30. The van der Waals surface area contributed by atoms with Gasteiger partial charge in [-0.25, -0.2) is 4.79 Å². The lowest BCUT2D eigenvalue weighted by atomic mass is 10.0. The Hall–Kier alpha value is -3.24. The van der Waals surface area contributed by atoms with Gasteiger partial charge in [-0.15, -0.1) is 0 Å². The van der Waals surface area contributed by atoms with Crippen molar-refractivity contribution in [2.24, 2.45) is 0 Å². The molecule has 3 aromatic carbocycles. The Morgan fingerprint density at radius 3 is 2.07 bits per heavy atom. The second-order valence-corrected chi connectivity index (χ2v) is 6.56. The highest BCUT2D eigenvalue weighted by Gasteiger charge is 2.15. The van der Waals surface area contributed by atoms with Crippen molar-refractivity contribution in [1.82, 2.24) is 5.32 Å². The van der Waals surface area contributed by atoms with Crippen LogP contribution < -0.4 is 10.1 Å². The van der Waals surface area contributed by atoms with Gasteiger partial charge in [-0.2, -0.15) is 0 Å². The number of ether oxygens (including phenoxy) is 1. The lowest BCUT2D eigenvalue weighted by molar-refractivity contribution is 0.0734. The minimum atomic E-state index is -0.421. The topological polar surface area (TPSA) is 55.4 Å². The summed E-state index contributed by atoms with van der Waals surface area (Å²) in [7, 11) is 0. The molecule has 0 aliphatic rings. The van der Waals surface area contributed by atoms with Crippen LogP contribution in [0.5, 0.6) is 5.75 Å². The maximum Gasteiger partial charge on any atom is 0.343 e. The molecule has 3 rings (SSSR count). The Labute approximate surface area is 165 Å². The molecule has 0 aromatic heterocycles. The van der Waals surface area contributed by atoms with Crippen molar-refractivity contribution in [1.29, 1.82) is 0 Å². The summed E-state index contributed by atoms with van der Waals surface area (Å²) in [4.78, 5) is 24.6. The molecule has 0 fully saturated rings. The van der Waals surface area contributed by atoms with E-state index in [-0.39, 0.29) is 11.8 Å². The predicted molar refractivity (Wildman–Crippen MR) is 110 cm³/mol. The van der Waals surface area contributed by atoms with E-state index in [0.29, 0.717) is 16.9 Å². The zero-order chi connectivity index (χ0) is 19.8. The lowest BCUT2D eigenvalue weighted by Crippen LogP contribution is -2.35. The maximum atomic E-state index is 12.6. The molecular formula is C24H23NO3. The first-order chi connectivity index (χ1) is 13.6. The molecule has 0 amide bonds. The van der Waals surface area contributed by atoms with E-state index in [1.807, 2.05) is 31.2 Å². The molecule has 4 heteroatoms. The number of rotatable bonds is 8. The fourth-order valence-corrected chi connectivity index (χ4v) is 2.85. The van der Waals surface area contributed by atoms with Crippen molar-refractivity contribution in [3.05, 3.63) is 102 Å². The predicted octanol–water partition coefficient (Wildman–Crippen LogP) is 4.31. The second-order valence-electron chi connectivity index (χ2n) is 6.56. The summed E-state index contributed by atoms with van der Waals surface area (Å²) in [6.45, 7) is 2.58. The number of hydrogen-bond acceptors (Lipinski definition) is 4. The highest BCUT2D eigenvalue weighted by atomic mass is 16.5. The molecule has 4 nitrogen and oxygen atoms in total. The van der Waals surface area contributed by atoms with Gasteiger partial charge in [0.2, 0.25) is 0 Å². The van der Waals surface area contributed by atoms with Crippen LogP contribution in [-0.4, -0.2) is 24.3 Å². The third-order valence-electron chi connectivity index (χ3n) is 4.46. The van der Waals surface area contributed by atoms with Crippen LogP contribution in [0.1, 0.15) is 33.2 Å². The Morgan fingerprint density at radius 2 is 1.43 bits per heavy atom. The third-order valence-corrected chi connectivity index (χ3v) is 4.46. The molecule has 3 aromatic rings. The molecule has 0 aliphatic carbocycles. The first-order valence-corrected chi connectivity index (χ1v) is 9.32. The second kappa shape index (κ2) is 9.62. The molecule has 0 aliphatic heterocycles. The average molecular weight is 373 g/mol. The van der Waals surface area contributed by atoms with Crippen molar-refractivity contribution in [3.63, 3.8) is 0 Å². The van der Waals surface area contributed by atoms with E-state index in [2.05, 4.69) is 17.4 Å². The minimum absolute atomic E-state index is 0.00833. The molecule has 0 spiro atoms. The number of ketones is 1. The van der Waals surface area contributed by atoms with Gasteiger partial charge in [0, 0.05) is 5.56 Å². The van der Waals surface area contributed by atoms with Gasteiger partial charge in [-0.05, 0) is 61.9 Å². The van der Waals surface area contributed by atoms with Crippen molar-refractivity contribution in [2.45, 2.75) is 19.4 Å². The summed E-state index contributed by atoms with van der Waals surface area (Å²) in [6, 6.07) is 25.3. The number of carbonyl (C=O) groups is 2. The molecule has 0 unspecified atom stereocenters. The van der Waals surface area contributed by atoms with Gasteiger partial charge in [0.1, 0.15) is 5.75 Å². The Balaban J connectivity index is 1.52. The van der Waals surface area contributed by atoms with E-state index in [9.17, 15) is 9.59 Å². The van der Waals surface area contributed by atoms with Crippen LogP contribution in [0.2, 0.25) is 0 Å². The van der Waals surface area contributed by atoms with Gasteiger partial charge in [0.25, 0.3) is 0 Å². The van der Waals surface area contributed by atoms with Crippen LogP contribution in [0.15, 0.2) is 84.9 Å². The van der Waals surface area contributed by atoms with Crippen LogP contribution in [-0.2, 0) is 6.42 Å². The Morgan fingerprint density at radius 1 is 0.821 bits per heavy atom. The van der Waals surface area contributed by atoms with Crippen LogP contribution in [0.25, 0.3) is 0 Å². The van der Waals surface area contributed by atoms with Crippen molar-refractivity contribution in [3.8, 4) is 5.75 Å². The van der Waals surface area contributed by atoms with E-state index in [1.165, 1.54) is 5.56 Å². The zero-order valence-electron chi connectivity index (χ0n) is 15.8. The first kappa shape index (κ1) is 19.5. The molecule has 0 saturated heterocycles. The smallest absolute Gasteiger partial charge is 0.343 e. The molecule has 1 N–H and O–H groups in total. The minimum Gasteiger partial charge on any atom is -0.423 e. The van der Waals surface area contributed by atoms with E-state index in [0.717, 1.165) is 13.0 Å². The van der Waals surface area contributed by atoms with Crippen LogP contribution in [0, 0.1) is 0 Å². The highest BCUT2D eigenvalue weighted by molar-refractivity contribution is 6.00. The molecule has 0 saturated carbocycles. The fourth-order valence-electron chi connectivity index (χ4n) is 2.85. The van der Waals surface area contributed by atoms with Gasteiger partial charge in [0.05, 0.1) is 11.6 Å². The first-order valence-electron chi connectivity index (χ1n) is 9.32. The number of esters is 1. The molecule has 0 radical (unpaired) electrons. The number of carbonyl (C=O) groups excluding carboxylic acids is 2. The van der Waals surface area contributed by atoms with Crippen molar-refractivity contribution >= 4 is 11.8 Å². The van der Waals surface area contributed by atoms with E-state index in [4.69, 9.17) is 4.74 Å². The van der Waals surface area contributed by atoms with E-state index in [1.54, 1.807) is 48.5 Å². The van der Waals surface area contributed by atoms with Crippen LogP contribution in [0.3, 0.4) is 0 Å². The lowest BCUT2D eigenvalue weighted by Gasteiger charge is -2.13. The molecule has 28 heavy (non-hydrogen) atoms. The largest absolute Gasteiger partial charge is 0.423 e. The quantitative estimate of drug-likeness (QED) is 0.363. The van der Waals surface area contributed by atoms with E-state index >= 15 is 0 Å².